The van der Waals surface area contributed by atoms with Crippen LogP contribution >= 0.6 is 23.2 Å². The van der Waals surface area contributed by atoms with Gasteiger partial charge in [0.2, 0.25) is 5.75 Å². The lowest BCUT2D eigenvalue weighted by molar-refractivity contribution is -0.385. The fourth-order valence-corrected chi connectivity index (χ4v) is 3.57. The largest absolute Gasteiger partial charge is 0.481 e. The van der Waals surface area contributed by atoms with Gasteiger partial charge in [-0.1, -0.05) is 53.5 Å². The van der Waals surface area contributed by atoms with Crippen LogP contribution in [-0.2, 0) is 6.61 Å². The minimum atomic E-state index is -0.754. The zero-order chi connectivity index (χ0) is 23.5. The fraction of sp³-hybridized carbons (Fsp3) is 0.0455. The zero-order valence-electron chi connectivity index (χ0n) is 16.7. The van der Waals surface area contributed by atoms with Crippen molar-refractivity contribution in [3.63, 3.8) is 0 Å². The Morgan fingerprint density at radius 3 is 2.55 bits per heavy atom. The third kappa shape index (κ3) is 4.64. The maximum Gasteiger partial charge on any atom is 0.349 e. The Kier molecular flexibility index (Phi) is 6.25. The van der Waals surface area contributed by atoms with Gasteiger partial charge in [0.15, 0.2) is 0 Å². The molecule has 0 unspecified atom stereocenters. The third-order valence-corrected chi connectivity index (χ3v) is 5.33. The maximum atomic E-state index is 12.6. The summed E-state index contributed by atoms with van der Waals surface area (Å²) in [4.78, 5) is 38.3. The predicted molar refractivity (Wildman–Crippen MR) is 126 cm³/mol. The highest BCUT2D eigenvalue weighted by Crippen LogP contribution is 2.36. The molecule has 3 aromatic carbocycles. The van der Waals surface area contributed by atoms with Crippen molar-refractivity contribution in [1.82, 2.24) is 9.66 Å². The van der Waals surface area contributed by atoms with Crippen molar-refractivity contribution in [3.8, 4) is 5.75 Å². The summed E-state index contributed by atoms with van der Waals surface area (Å²) < 4.78 is 6.22. The van der Waals surface area contributed by atoms with E-state index in [-0.39, 0.29) is 28.3 Å². The Hall–Kier alpha value is -3.95. The highest BCUT2D eigenvalue weighted by atomic mass is 35.5. The number of hydrogen-bond donors (Lipinski definition) is 1. The normalized spacial score (nSPS) is 11.2. The van der Waals surface area contributed by atoms with Crippen LogP contribution in [0.2, 0.25) is 10.0 Å². The van der Waals surface area contributed by atoms with Crippen LogP contribution in [-0.4, -0.2) is 20.8 Å². The van der Waals surface area contributed by atoms with E-state index in [0.29, 0.717) is 20.8 Å². The summed E-state index contributed by atoms with van der Waals surface area (Å²) in [5.74, 6) is -0.139. The summed E-state index contributed by atoms with van der Waals surface area (Å²) in [5, 5.41) is 16.2. The summed E-state index contributed by atoms with van der Waals surface area (Å²) >= 11 is 12.3. The average molecular weight is 485 g/mol. The second kappa shape index (κ2) is 9.27. The van der Waals surface area contributed by atoms with Gasteiger partial charge in [0.05, 0.1) is 27.1 Å². The fourth-order valence-electron chi connectivity index (χ4n) is 3.10. The number of nitro groups is 1. The highest BCUT2D eigenvalue weighted by molar-refractivity contribution is 6.32. The van der Waals surface area contributed by atoms with E-state index < -0.39 is 21.9 Å². The SMILES string of the molecule is O=c1[nH]c2ccccc2c(=O)n1N=Cc1cc(Cl)c(OCc2ccccc2Cl)c([N+](=O)[O-])c1. The Labute approximate surface area is 195 Å². The molecule has 0 bridgehead atoms. The molecule has 4 rings (SSSR count). The standard InChI is InChI=1S/C22H14Cl2N4O5/c23-16-7-3-1-5-14(16)12-33-20-17(24)9-13(10-19(20)28(31)32)11-25-27-21(29)15-6-2-4-8-18(15)26-22(27)30/h1-11H,12H2,(H,26,30). The monoisotopic (exact) mass is 484 g/mol. The number of nitro benzene ring substituents is 1. The first-order valence-corrected chi connectivity index (χ1v) is 10.2. The Morgan fingerprint density at radius 2 is 1.79 bits per heavy atom. The van der Waals surface area contributed by atoms with Crippen molar-refractivity contribution in [2.45, 2.75) is 6.61 Å². The molecule has 0 amide bonds. The van der Waals surface area contributed by atoms with Gasteiger partial charge in [0.1, 0.15) is 6.61 Å². The number of ether oxygens (including phenoxy) is 1. The molecule has 0 aliphatic carbocycles. The molecule has 0 atom stereocenters. The summed E-state index contributed by atoms with van der Waals surface area (Å²) in [6, 6.07) is 15.9. The predicted octanol–water partition coefficient (Wildman–Crippen LogP) is 4.37. The lowest BCUT2D eigenvalue weighted by atomic mass is 10.2. The number of para-hydroxylation sites is 1. The second-order valence-electron chi connectivity index (χ2n) is 6.83. The summed E-state index contributed by atoms with van der Waals surface area (Å²) in [6.45, 7) is -0.0322. The lowest BCUT2D eigenvalue weighted by Crippen LogP contribution is -2.32. The molecule has 0 saturated carbocycles. The molecular weight excluding hydrogens is 471 g/mol. The summed E-state index contributed by atoms with van der Waals surface area (Å²) in [5.41, 5.74) is -0.601. The van der Waals surface area contributed by atoms with Crippen LogP contribution in [0.25, 0.3) is 10.9 Å². The first kappa shape index (κ1) is 22.3. The molecule has 0 saturated heterocycles. The van der Waals surface area contributed by atoms with Gasteiger partial charge in [0, 0.05) is 22.2 Å². The average Bonchev–Trinajstić information content (AvgIpc) is 2.79. The Balaban J connectivity index is 1.69. The Bertz CT molecular complexity index is 1530. The number of fused-ring (bicyclic) bond motifs is 1. The molecule has 1 N–H and O–H groups in total. The molecule has 1 heterocycles. The smallest absolute Gasteiger partial charge is 0.349 e. The second-order valence-corrected chi connectivity index (χ2v) is 7.64. The van der Waals surface area contributed by atoms with E-state index in [0.717, 1.165) is 6.21 Å². The minimum absolute atomic E-state index is 0.0322. The number of nitrogens with zero attached hydrogens (tertiary/aromatic N) is 3. The van der Waals surface area contributed by atoms with Crippen molar-refractivity contribution < 1.29 is 9.66 Å². The molecule has 4 aromatic rings. The van der Waals surface area contributed by atoms with Gasteiger partial charge in [-0.25, -0.2) is 4.79 Å². The van der Waals surface area contributed by atoms with Crippen molar-refractivity contribution in [2.24, 2.45) is 5.10 Å². The molecule has 1 aromatic heterocycles. The quantitative estimate of drug-likeness (QED) is 0.247. The summed E-state index contributed by atoms with van der Waals surface area (Å²) in [7, 11) is 0. The van der Waals surface area contributed by atoms with Gasteiger partial charge >= 0.3 is 11.4 Å². The van der Waals surface area contributed by atoms with E-state index in [1.165, 1.54) is 12.1 Å². The molecule has 11 heteroatoms. The molecule has 0 spiro atoms. The van der Waals surface area contributed by atoms with Gasteiger partial charge in [-0.2, -0.15) is 5.10 Å². The number of aromatic nitrogens is 2. The first-order valence-electron chi connectivity index (χ1n) is 9.47. The zero-order valence-corrected chi connectivity index (χ0v) is 18.2. The van der Waals surface area contributed by atoms with Gasteiger partial charge in [-0.3, -0.25) is 14.9 Å². The molecule has 0 fully saturated rings. The highest BCUT2D eigenvalue weighted by Gasteiger charge is 2.21. The van der Waals surface area contributed by atoms with E-state index in [4.69, 9.17) is 27.9 Å². The van der Waals surface area contributed by atoms with Crippen LogP contribution in [0.15, 0.2) is 75.4 Å². The molecule has 33 heavy (non-hydrogen) atoms. The molecule has 0 radical (unpaired) electrons. The third-order valence-electron chi connectivity index (χ3n) is 4.68. The van der Waals surface area contributed by atoms with E-state index in [1.807, 2.05) is 0 Å². The number of halogens is 2. The van der Waals surface area contributed by atoms with Crippen LogP contribution in [0.3, 0.4) is 0 Å². The van der Waals surface area contributed by atoms with Crippen LogP contribution < -0.4 is 16.0 Å². The van der Waals surface area contributed by atoms with Crippen LogP contribution in [0, 0.1) is 10.1 Å². The molecule has 0 aliphatic rings. The van der Waals surface area contributed by atoms with Crippen LogP contribution in [0.5, 0.6) is 5.75 Å². The van der Waals surface area contributed by atoms with Crippen LogP contribution in [0.4, 0.5) is 5.69 Å². The number of benzene rings is 3. The molecule has 166 valence electrons. The number of rotatable bonds is 6. The minimum Gasteiger partial charge on any atom is -0.481 e. The van der Waals surface area contributed by atoms with Crippen molar-refractivity contribution in [3.05, 3.63) is 113 Å². The lowest BCUT2D eigenvalue weighted by Gasteiger charge is -2.10. The Morgan fingerprint density at radius 1 is 1.06 bits per heavy atom. The van der Waals surface area contributed by atoms with Crippen molar-refractivity contribution >= 4 is 46.0 Å². The van der Waals surface area contributed by atoms with Gasteiger partial charge in [-0.05, 0) is 24.3 Å². The first-order chi connectivity index (χ1) is 15.8. The number of H-pyrrole nitrogens is 1. The number of nitrogens with one attached hydrogen (secondary N) is 1. The van der Waals surface area contributed by atoms with Crippen LogP contribution in [0.1, 0.15) is 11.1 Å². The molecule has 9 nitrogen and oxygen atoms in total. The number of hydrogen-bond acceptors (Lipinski definition) is 6. The maximum absolute atomic E-state index is 12.6. The number of aromatic amines is 1. The van der Waals surface area contributed by atoms with Crippen molar-refractivity contribution in [2.75, 3.05) is 0 Å². The summed E-state index contributed by atoms with van der Waals surface area (Å²) in [6.07, 6.45) is 1.13. The van der Waals surface area contributed by atoms with E-state index in [2.05, 4.69) is 10.1 Å². The van der Waals surface area contributed by atoms with E-state index >= 15 is 0 Å². The molecule has 0 aliphatic heterocycles. The topological polar surface area (TPSA) is 120 Å². The van der Waals surface area contributed by atoms with Gasteiger partial charge < -0.3 is 9.72 Å². The van der Waals surface area contributed by atoms with Crippen molar-refractivity contribution in [1.29, 1.82) is 0 Å². The molecular formula is C22H14Cl2N4O5. The van der Waals surface area contributed by atoms with E-state index in [1.54, 1.807) is 48.5 Å². The van der Waals surface area contributed by atoms with Gasteiger partial charge in [0.25, 0.3) is 5.56 Å². The van der Waals surface area contributed by atoms with Gasteiger partial charge in [-0.15, -0.1) is 4.68 Å². The van der Waals surface area contributed by atoms with E-state index in [9.17, 15) is 19.7 Å².